The molecule has 0 aliphatic carbocycles. The molecule has 0 aliphatic heterocycles. The number of ketones is 1. The molecule has 29 heavy (non-hydrogen) atoms. The molecular formula is C21H19NO7. The van der Waals surface area contributed by atoms with Gasteiger partial charge in [0.1, 0.15) is 5.58 Å². The molecule has 0 bridgehead atoms. The minimum Gasteiger partial charge on any atom is -0.451 e. The van der Waals surface area contributed by atoms with Crippen molar-refractivity contribution in [3.05, 3.63) is 75.0 Å². The molecule has 0 unspecified atom stereocenters. The molecule has 0 amide bonds. The second-order valence-corrected chi connectivity index (χ2v) is 6.30. The number of fused-ring (bicyclic) bond motifs is 1. The Bertz CT molecular complexity index is 1080. The Kier molecular flexibility index (Phi) is 6.04. The van der Waals surface area contributed by atoms with E-state index in [1.807, 2.05) is 13.0 Å². The number of aryl methyl sites for hydroxylation is 1. The Hall–Kier alpha value is -3.52. The lowest BCUT2D eigenvalue weighted by molar-refractivity contribution is -0.385. The van der Waals surface area contributed by atoms with E-state index in [0.717, 1.165) is 5.39 Å². The summed E-state index contributed by atoms with van der Waals surface area (Å²) in [7, 11) is 0. The highest BCUT2D eigenvalue weighted by Crippen LogP contribution is 2.27. The first-order chi connectivity index (χ1) is 13.9. The van der Waals surface area contributed by atoms with Gasteiger partial charge in [0.05, 0.1) is 11.5 Å². The quantitative estimate of drug-likeness (QED) is 0.242. The average molecular weight is 397 g/mol. The molecule has 0 spiro atoms. The maximum Gasteiger partial charge on any atom is 0.375 e. The maximum atomic E-state index is 12.5. The summed E-state index contributed by atoms with van der Waals surface area (Å²) < 4.78 is 16.1. The maximum absolute atomic E-state index is 12.5. The predicted octanol–water partition coefficient (Wildman–Crippen LogP) is 4.23. The second-order valence-electron chi connectivity index (χ2n) is 6.30. The monoisotopic (exact) mass is 397 g/mol. The van der Waals surface area contributed by atoms with Gasteiger partial charge in [-0.15, -0.1) is 0 Å². The van der Waals surface area contributed by atoms with Crippen molar-refractivity contribution >= 4 is 28.4 Å². The Labute approximate surface area is 166 Å². The number of carbonyl (C=O) groups excluding carboxylic acids is 2. The molecule has 1 aromatic heterocycles. The van der Waals surface area contributed by atoms with Gasteiger partial charge in [0.15, 0.2) is 6.61 Å². The average Bonchev–Trinajstić information content (AvgIpc) is 3.09. The molecular weight excluding hydrogens is 378 g/mol. The summed E-state index contributed by atoms with van der Waals surface area (Å²) in [5.74, 6) is -1.38. The molecule has 0 saturated carbocycles. The Morgan fingerprint density at radius 1 is 1.17 bits per heavy atom. The van der Waals surface area contributed by atoms with E-state index in [1.54, 1.807) is 25.1 Å². The molecule has 150 valence electrons. The number of hydrogen-bond acceptors (Lipinski definition) is 7. The third-order valence-corrected chi connectivity index (χ3v) is 4.40. The SMILES string of the molecule is CCOCc1c(C(=O)OCC(=O)c2ccc(C)c([N+](=O)[O-])c2)oc2ccccc12. The van der Waals surface area contributed by atoms with Crippen LogP contribution in [0.15, 0.2) is 46.9 Å². The fourth-order valence-corrected chi connectivity index (χ4v) is 2.87. The van der Waals surface area contributed by atoms with Crippen LogP contribution in [0, 0.1) is 17.0 Å². The molecule has 2 aromatic carbocycles. The first-order valence-corrected chi connectivity index (χ1v) is 8.95. The summed E-state index contributed by atoms with van der Waals surface area (Å²) in [4.78, 5) is 35.4. The van der Waals surface area contributed by atoms with Crippen molar-refractivity contribution in [2.45, 2.75) is 20.5 Å². The Morgan fingerprint density at radius 2 is 1.93 bits per heavy atom. The largest absolute Gasteiger partial charge is 0.451 e. The van der Waals surface area contributed by atoms with Gasteiger partial charge in [0.25, 0.3) is 5.69 Å². The molecule has 3 rings (SSSR count). The number of furan rings is 1. The van der Waals surface area contributed by atoms with Crippen molar-refractivity contribution in [2.24, 2.45) is 0 Å². The van der Waals surface area contributed by atoms with Crippen molar-refractivity contribution in [2.75, 3.05) is 13.2 Å². The van der Waals surface area contributed by atoms with E-state index in [-0.39, 0.29) is 23.6 Å². The number of nitrogens with zero attached hydrogens (tertiary/aromatic N) is 1. The second kappa shape index (κ2) is 8.66. The van der Waals surface area contributed by atoms with Crippen LogP contribution in [-0.4, -0.2) is 29.9 Å². The first kappa shape index (κ1) is 20.2. The summed E-state index contributed by atoms with van der Waals surface area (Å²) in [6.07, 6.45) is 0. The number of esters is 1. The zero-order valence-electron chi connectivity index (χ0n) is 16.0. The Balaban J connectivity index is 1.78. The molecule has 0 atom stereocenters. The molecule has 0 saturated heterocycles. The normalized spacial score (nSPS) is 10.8. The van der Waals surface area contributed by atoms with Crippen LogP contribution in [0.3, 0.4) is 0 Å². The lowest BCUT2D eigenvalue weighted by atomic mass is 10.1. The van der Waals surface area contributed by atoms with E-state index >= 15 is 0 Å². The van der Waals surface area contributed by atoms with Gasteiger partial charge in [0, 0.05) is 34.7 Å². The van der Waals surface area contributed by atoms with Crippen molar-refractivity contribution < 1.29 is 28.4 Å². The zero-order valence-corrected chi connectivity index (χ0v) is 16.0. The molecule has 1 heterocycles. The van der Waals surface area contributed by atoms with Gasteiger partial charge in [0.2, 0.25) is 11.5 Å². The number of rotatable bonds is 8. The molecule has 8 heteroatoms. The topological polar surface area (TPSA) is 109 Å². The zero-order chi connectivity index (χ0) is 21.0. The molecule has 0 aliphatic rings. The number of ether oxygens (including phenoxy) is 2. The van der Waals surface area contributed by atoms with Crippen molar-refractivity contribution in [3.63, 3.8) is 0 Å². The van der Waals surface area contributed by atoms with Crippen LogP contribution in [0.1, 0.15) is 39.0 Å². The third-order valence-electron chi connectivity index (χ3n) is 4.40. The minimum atomic E-state index is -0.800. The molecule has 3 aromatic rings. The van der Waals surface area contributed by atoms with E-state index < -0.39 is 23.3 Å². The summed E-state index contributed by atoms with van der Waals surface area (Å²) in [5.41, 5.74) is 1.42. The van der Waals surface area contributed by atoms with Gasteiger partial charge in [-0.05, 0) is 19.9 Å². The lowest BCUT2D eigenvalue weighted by Crippen LogP contribution is -2.15. The summed E-state index contributed by atoms with van der Waals surface area (Å²) in [6.45, 7) is 3.46. The number of benzene rings is 2. The number of nitro benzene ring substituents is 1. The minimum absolute atomic E-state index is 0.0256. The van der Waals surface area contributed by atoms with E-state index in [1.165, 1.54) is 18.2 Å². The molecule has 0 N–H and O–H groups in total. The van der Waals surface area contributed by atoms with E-state index in [0.29, 0.717) is 23.3 Å². The van der Waals surface area contributed by atoms with Gasteiger partial charge in [-0.1, -0.05) is 30.3 Å². The van der Waals surface area contributed by atoms with Gasteiger partial charge in [-0.2, -0.15) is 0 Å². The Morgan fingerprint density at radius 3 is 2.66 bits per heavy atom. The first-order valence-electron chi connectivity index (χ1n) is 8.95. The highest BCUT2D eigenvalue weighted by atomic mass is 16.6. The standard InChI is InChI=1S/C21H19NO7/c1-3-27-11-16-15-6-4-5-7-19(15)29-20(16)21(24)28-12-18(23)14-9-8-13(2)17(10-14)22(25)26/h4-10H,3,11-12H2,1-2H3. The number of carbonyl (C=O) groups is 2. The van der Waals surface area contributed by atoms with Gasteiger partial charge >= 0.3 is 5.97 Å². The van der Waals surface area contributed by atoms with Crippen LogP contribution in [0.2, 0.25) is 0 Å². The van der Waals surface area contributed by atoms with E-state index in [4.69, 9.17) is 13.9 Å². The summed E-state index contributed by atoms with van der Waals surface area (Å²) in [5, 5.41) is 11.8. The van der Waals surface area contributed by atoms with Crippen LogP contribution in [0.5, 0.6) is 0 Å². The fraction of sp³-hybridized carbons (Fsp3) is 0.238. The fourth-order valence-electron chi connectivity index (χ4n) is 2.87. The van der Waals surface area contributed by atoms with Crippen molar-refractivity contribution in [1.29, 1.82) is 0 Å². The smallest absolute Gasteiger partial charge is 0.375 e. The van der Waals surface area contributed by atoms with Gasteiger partial charge < -0.3 is 13.9 Å². The van der Waals surface area contributed by atoms with Crippen molar-refractivity contribution in [3.8, 4) is 0 Å². The highest BCUT2D eigenvalue weighted by Gasteiger charge is 2.23. The van der Waals surface area contributed by atoms with Crippen molar-refractivity contribution in [1.82, 2.24) is 0 Å². The number of hydrogen-bond donors (Lipinski definition) is 0. The predicted molar refractivity (Wildman–Crippen MR) is 104 cm³/mol. The molecule has 0 fully saturated rings. The van der Waals surface area contributed by atoms with Crippen LogP contribution < -0.4 is 0 Å². The van der Waals surface area contributed by atoms with Crippen LogP contribution >= 0.6 is 0 Å². The molecule has 0 radical (unpaired) electrons. The van der Waals surface area contributed by atoms with E-state index in [2.05, 4.69) is 0 Å². The van der Waals surface area contributed by atoms with Crippen LogP contribution in [-0.2, 0) is 16.1 Å². The number of nitro groups is 1. The van der Waals surface area contributed by atoms with Gasteiger partial charge in [-0.3, -0.25) is 14.9 Å². The van der Waals surface area contributed by atoms with Crippen LogP contribution in [0.25, 0.3) is 11.0 Å². The number of para-hydroxylation sites is 1. The lowest BCUT2D eigenvalue weighted by Gasteiger charge is -2.06. The highest BCUT2D eigenvalue weighted by molar-refractivity contribution is 6.01. The van der Waals surface area contributed by atoms with Crippen LogP contribution in [0.4, 0.5) is 5.69 Å². The molecule has 8 nitrogen and oxygen atoms in total. The summed E-state index contributed by atoms with van der Waals surface area (Å²) >= 11 is 0. The summed E-state index contributed by atoms with van der Waals surface area (Å²) in [6, 6.07) is 11.2. The number of Topliss-reactive ketones (excluding diaryl/α,β-unsaturated/α-hetero) is 1. The third kappa shape index (κ3) is 4.33. The van der Waals surface area contributed by atoms with E-state index in [9.17, 15) is 19.7 Å². The van der Waals surface area contributed by atoms with Gasteiger partial charge in [-0.25, -0.2) is 4.79 Å².